The number of hydrogen-bond donors (Lipinski definition) is 1. The lowest BCUT2D eigenvalue weighted by molar-refractivity contribution is 0.173. The molecule has 0 radical (unpaired) electrons. The van der Waals surface area contributed by atoms with Gasteiger partial charge >= 0.3 is 0 Å². The highest BCUT2D eigenvalue weighted by atomic mass is 35.5. The number of ether oxygens (including phenoxy) is 1. The summed E-state index contributed by atoms with van der Waals surface area (Å²) in [5.41, 5.74) is 0.716. The van der Waals surface area contributed by atoms with E-state index in [0.29, 0.717) is 22.9 Å². The monoisotopic (exact) mass is 201 g/mol. The van der Waals surface area contributed by atoms with Gasteiger partial charge < -0.3 is 9.84 Å². The maximum Gasteiger partial charge on any atom is 0.232 e. The normalized spacial score (nSPS) is 12.6. The van der Waals surface area contributed by atoms with Crippen LogP contribution in [0.4, 0.5) is 0 Å². The van der Waals surface area contributed by atoms with Crippen molar-refractivity contribution in [3.8, 4) is 5.88 Å². The van der Waals surface area contributed by atoms with Crippen LogP contribution >= 0.6 is 11.6 Å². The molecule has 13 heavy (non-hydrogen) atoms. The first kappa shape index (κ1) is 10.3. The molecule has 0 spiro atoms. The average molecular weight is 202 g/mol. The van der Waals surface area contributed by atoms with Crippen LogP contribution in [0.2, 0.25) is 5.02 Å². The van der Waals surface area contributed by atoms with Crippen LogP contribution in [0.5, 0.6) is 5.88 Å². The number of nitrogens with zero attached hydrogens (tertiary/aromatic N) is 1. The van der Waals surface area contributed by atoms with Crippen LogP contribution in [0.25, 0.3) is 0 Å². The van der Waals surface area contributed by atoms with Gasteiger partial charge in [-0.3, -0.25) is 0 Å². The van der Waals surface area contributed by atoms with Crippen molar-refractivity contribution in [2.45, 2.75) is 19.4 Å². The number of aliphatic hydroxyl groups excluding tert-OH is 1. The van der Waals surface area contributed by atoms with E-state index in [0.717, 1.165) is 0 Å². The Morgan fingerprint density at radius 3 is 2.85 bits per heavy atom. The molecule has 1 aromatic heterocycles. The van der Waals surface area contributed by atoms with Gasteiger partial charge in [0.05, 0.1) is 13.2 Å². The summed E-state index contributed by atoms with van der Waals surface area (Å²) >= 11 is 5.83. The summed E-state index contributed by atoms with van der Waals surface area (Å²) in [5, 5.41) is 9.90. The molecule has 1 unspecified atom stereocenters. The summed E-state index contributed by atoms with van der Waals surface area (Å²) in [6, 6.07) is 1.67. The zero-order valence-electron chi connectivity index (χ0n) is 7.62. The summed E-state index contributed by atoms with van der Waals surface area (Å²) in [6.45, 7) is 1.89. The molecule has 4 heteroatoms. The highest BCUT2D eigenvalue weighted by Gasteiger charge is 2.08. The van der Waals surface area contributed by atoms with E-state index in [4.69, 9.17) is 16.3 Å². The highest BCUT2D eigenvalue weighted by Crippen LogP contribution is 2.25. The summed E-state index contributed by atoms with van der Waals surface area (Å²) < 4.78 is 4.89. The Bertz CT molecular complexity index is 291. The van der Waals surface area contributed by atoms with Crippen LogP contribution in [-0.2, 0) is 0 Å². The van der Waals surface area contributed by atoms with E-state index >= 15 is 0 Å². The molecule has 0 amide bonds. The summed E-state index contributed by atoms with van der Waals surface area (Å²) in [6.07, 6.45) is 1.71. The predicted octanol–water partition coefficient (Wildman–Crippen LogP) is 2.19. The molecule has 0 aromatic carbocycles. The van der Waals surface area contributed by atoms with Crippen molar-refractivity contribution in [2.75, 3.05) is 7.11 Å². The summed E-state index contributed by atoms with van der Waals surface area (Å²) in [7, 11) is 1.50. The molecule has 1 aromatic rings. The molecule has 1 rings (SSSR count). The number of aliphatic hydroxyl groups is 1. The Morgan fingerprint density at radius 2 is 2.38 bits per heavy atom. The van der Waals surface area contributed by atoms with Gasteiger partial charge in [0.25, 0.3) is 0 Å². The van der Waals surface area contributed by atoms with E-state index in [9.17, 15) is 5.11 Å². The van der Waals surface area contributed by atoms with E-state index in [1.807, 2.05) is 6.92 Å². The van der Waals surface area contributed by atoms with Crippen molar-refractivity contribution < 1.29 is 9.84 Å². The molecule has 1 N–H and O–H groups in total. The maximum absolute atomic E-state index is 9.48. The molecule has 3 nitrogen and oxygen atoms in total. The van der Waals surface area contributed by atoms with Gasteiger partial charge in [-0.2, -0.15) is 0 Å². The van der Waals surface area contributed by atoms with Gasteiger partial charge in [-0.25, -0.2) is 4.98 Å². The lowest BCUT2D eigenvalue weighted by atomic mass is 10.1. The third-order valence-electron chi connectivity index (χ3n) is 1.79. The molecule has 0 bridgehead atoms. The van der Waals surface area contributed by atoms with Crippen molar-refractivity contribution >= 4 is 11.6 Å². The lowest BCUT2D eigenvalue weighted by Crippen LogP contribution is -1.97. The van der Waals surface area contributed by atoms with Crippen molar-refractivity contribution in [3.63, 3.8) is 0 Å². The minimum Gasteiger partial charge on any atom is -0.480 e. The predicted molar refractivity (Wildman–Crippen MR) is 51.0 cm³/mol. The van der Waals surface area contributed by atoms with Gasteiger partial charge in [0.2, 0.25) is 5.88 Å². The molecule has 0 aliphatic heterocycles. The number of rotatable bonds is 3. The van der Waals surface area contributed by atoms with Gasteiger partial charge in [0, 0.05) is 11.8 Å². The number of halogens is 1. The smallest absolute Gasteiger partial charge is 0.232 e. The Balaban J connectivity index is 2.95. The molecule has 0 saturated carbocycles. The van der Waals surface area contributed by atoms with E-state index in [1.165, 1.54) is 7.11 Å². The average Bonchev–Trinajstić information content (AvgIpc) is 2.16. The Kier molecular flexibility index (Phi) is 3.51. The fourth-order valence-corrected chi connectivity index (χ4v) is 1.26. The van der Waals surface area contributed by atoms with Crippen LogP contribution in [0.3, 0.4) is 0 Å². The first-order valence-corrected chi connectivity index (χ1v) is 4.44. The number of hydrogen-bond acceptors (Lipinski definition) is 3. The second-order valence-electron chi connectivity index (χ2n) is 2.68. The fraction of sp³-hybridized carbons (Fsp3) is 0.444. The molecule has 0 saturated heterocycles. The van der Waals surface area contributed by atoms with E-state index in [-0.39, 0.29) is 0 Å². The zero-order chi connectivity index (χ0) is 9.84. The van der Waals surface area contributed by atoms with Gasteiger partial charge in [-0.05, 0) is 12.5 Å². The maximum atomic E-state index is 9.48. The van der Waals surface area contributed by atoms with Gasteiger partial charge in [-0.15, -0.1) is 0 Å². The largest absolute Gasteiger partial charge is 0.480 e. The van der Waals surface area contributed by atoms with Crippen LogP contribution in [0.15, 0.2) is 12.3 Å². The number of pyridine rings is 1. The molecule has 1 atom stereocenters. The first-order chi connectivity index (χ1) is 6.19. The van der Waals surface area contributed by atoms with Crippen LogP contribution in [-0.4, -0.2) is 17.2 Å². The molecule has 0 aliphatic carbocycles. The second kappa shape index (κ2) is 4.44. The van der Waals surface area contributed by atoms with Crippen molar-refractivity contribution in [1.29, 1.82) is 0 Å². The van der Waals surface area contributed by atoms with Crippen molar-refractivity contribution in [3.05, 3.63) is 22.8 Å². The number of aromatic nitrogens is 1. The fourth-order valence-electron chi connectivity index (χ4n) is 1.01. The second-order valence-corrected chi connectivity index (χ2v) is 3.09. The third-order valence-corrected chi connectivity index (χ3v) is 2.06. The summed E-state index contributed by atoms with van der Waals surface area (Å²) in [5.74, 6) is 0.383. The minimum absolute atomic E-state index is 0.383. The Hall–Kier alpha value is -0.800. The van der Waals surface area contributed by atoms with Crippen LogP contribution < -0.4 is 4.74 Å². The SMILES string of the molecule is CCC(O)c1cnc(OC)c(Cl)c1. The molecular weight excluding hydrogens is 190 g/mol. The minimum atomic E-state index is -0.504. The van der Waals surface area contributed by atoms with E-state index in [2.05, 4.69) is 4.98 Å². The van der Waals surface area contributed by atoms with Crippen molar-refractivity contribution in [2.24, 2.45) is 0 Å². The van der Waals surface area contributed by atoms with E-state index in [1.54, 1.807) is 12.3 Å². The Morgan fingerprint density at radius 1 is 1.69 bits per heavy atom. The van der Waals surface area contributed by atoms with Crippen LogP contribution in [0, 0.1) is 0 Å². The first-order valence-electron chi connectivity index (χ1n) is 4.06. The van der Waals surface area contributed by atoms with Gasteiger partial charge in [0.15, 0.2) is 0 Å². The van der Waals surface area contributed by atoms with Crippen LogP contribution in [0.1, 0.15) is 25.0 Å². The molecule has 1 heterocycles. The zero-order valence-corrected chi connectivity index (χ0v) is 8.38. The van der Waals surface area contributed by atoms with Crippen molar-refractivity contribution in [1.82, 2.24) is 4.98 Å². The third kappa shape index (κ3) is 2.32. The topological polar surface area (TPSA) is 42.4 Å². The highest BCUT2D eigenvalue weighted by molar-refractivity contribution is 6.31. The summed E-state index contributed by atoms with van der Waals surface area (Å²) in [4.78, 5) is 3.95. The van der Waals surface area contributed by atoms with Gasteiger partial charge in [0.1, 0.15) is 5.02 Å². The molecule has 0 fully saturated rings. The quantitative estimate of drug-likeness (QED) is 0.815. The molecule has 72 valence electrons. The Labute approximate surface area is 82.3 Å². The molecule has 0 aliphatic rings. The standard InChI is InChI=1S/C9H12ClNO2/c1-3-8(12)6-4-7(10)9(13-2)11-5-6/h4-5,8,12H,3H2,1-2H3. The molecular formula is C9H12ClNO2. The number of methoxy groups -OCH3 is 1. The lowest BCUT2D eigenvalue weighted by Gasteiger charge is -2.09. The van der Waals surface area contributed by atoms with Gasteiger partial charge in [-0.1, -0.05) is 18.5 Å². The van der Waals surface area contributed by atoms with E-state index < -0.39 is 6.10 Å².